The minimum absolute atomic E-state index is 0.0757. The predicted octanol–water partition coefficient (Wildman–Crippen LogP) is 1.80. The van der Waals surface area contributed by atoms with Crippen LogP contribution in [0.1, 0.15) is 29.9 Å². The van der Waals surface area contributed by atoms with Crippen molar-refractivity contribution < 1.29 is 4.79 Å². The second-order valence-corrected chi connectivity index (χ2v) is 5.60. The number of urea groups is 1. The van der Waals surface area contributed by atoms with Crippen molar-refractivity contribution in [1.29, 1.82) is 5.26 Å². The van der Waals surface area contributed by atoms with Crippen molar-refractivity contribution in [3.8, 4) is 6.07 Å². The van der Waals surface area contributed by atoms with Crippen LogP contribution in [0.4, 0.5) is 9.80 Å². The molecule has 0 aliphatic carbocycles. The van der Waals surface area contributed by atoms with Crippen molar-refractivity contribution in [2.45, 2.75) is 32.9 Å². The molecule has 2 amide bonds. The molecule has 0 spiro atoms. The minimum atomic E-state index is -0.256. The molecule has 1 aromatic rings. The van der Waals surface area contributed by atoms with E-state index < -0.39 is 0 Å². The van der Waals surface area contributed by atoms with Gasteiger partial charge in [0.25, 0.3) is 0 Å². The Morgan fingerprint density at radius 1 is 1.56 bits per heavy atom. The lowest BCUT2D eigenvalue weighted by molar-refractivity contribution is 0.250. The normalized spacial score (nSPS) is 13.9. The fourth-order valence-electron chi connectivity index (χ4n) is 1.94. The van der Waals surface area contributed by atoms with Crippen molar-refractivity contribution in [2.75, 3.05) is 11.9 Å². The van der Waals surface area contributed by atoms with Crippen molar-refractivity contribution in [3.05, 3.63) is 16.0 Å². The Bertz CT molecular complexity index is 501. The van der Waals surface area contributed by atoms with Gasteiger partial charge >= 0.3 is 6.03 Å². The highest BCUT2D eigenvalue weighted by Gasteiger charge is 2.21. The van der Waals surface area contributed by atoms with Crippen molar-refractivity contribution in [3.63, 3.8) is 0 Å². The van der Waals surface area contributed by atoms with Gasteiger partial charge in [0.1, 0.15) is 11.1 Å². The molecule has 1 aromatic heterocycles. The quantitative estimate of drug-likeness (QED) is 0.762. The Morgan fingerprint density at radius 2 is 2.33 bits per heavy atom. The summed E-state index contributed by atoms with van der Waals surface area (Å²) in [7, 11) is 0. The summed E-state index contributed by atoms with van der Waals surface area (Å²) in [4.78, 5) is 12.8. The molecule has 1 aliphatic rings. The van der Waals surface area contributed by atoms with E-state index in [2.05, 4.69) is 22.0 Å². The van der Waals surface area contributed by atoms with Gasteiger partial charge in [0, 0.05) is 17.5 Å². The number of thiophene rings is 1. The Hall–Kier alpha value is -1.58. The number of amides is 2. The third-order valence-electron chi connectivity index (χ3n) is 2.69. The molecule has 0 fully saturated rings. The van der Waals surface area contributed by atoms with Crippen LogP contribution in [0.2, 0.25) is 0 Å². The van der Waals surface area contributed by atoms with Crippen LogP contribution >= 0.6 is 11.3 Å². The predicted molar refractivity (Wildman–Crippen MR) is 71.7 cm³/mol. The number of hydrogen-bond donors (Lipinski definition) is 3. The van der Waals surface area contributed by atoms with Crippen LogP contribution in [0, 0.1) is 11.3 Å². The zero-order valence-corrected chi connectivity index (χ0v) is 11.3. The number of nitrogens with one attached hydrogen (secondary N) is 3. The summed E-state index contributed by atoms with van der Waals surface area (Å²) in [5.74, 6) is 0. The second kappa shape index (κ2) is 5.38. The van der Waals surface area contributed by atoms with Gasteiger partial charge < -0.3 is 10.6 Å². The Labute approximate surface area is 110 Å². The number of carbonyl (C=O) groups is 1. The molecule has 0 atom stereocenters. The van der Waals surface area contributed by atoms with Crippen LogP contribution in [0.5, 0.6) is 0 Å². The lowest BCUT2D eigenvalue weighted by Crippen LogP contribution is -2.34. The largest absolute Gasteiger partial charge is 0.336 e. The Balaban J connectivity index is 2.21. The van der Waals surface area contributed by atoms with Crippen LogP contribution in [0.3, 0.4) is 0 Å². The van der Waals surface area contributed by atoms with E-state index in [0.717, 1.165) is 30.0 Å². The van der Waals surface area contributed by atoms with Gasteiger partial charge in [-0.2, -0.15) is 5.26 Å². The van der Waals surface area contributed by atoms with E-state index in [9.17, 15) is 10.1 Å². The number of anilines is 1. The van der Waals surface area contributed by atoms with E-state index in [1.165, 1.54) is 11.3 Å². The summed E-state index contributed by atoms with van der Waals surface area (Å²) in [6, 6.07) is 2.02. The number of hydrogen-bond acceptors (Lipinski definition) is 4. The molecule has 5 nitrogen and oxygen atoms in total. The number of carbonyl (C=O) groups excluding carboxylic acids is 1. The number of rotatable bonds is 2. The molecule has 6 heteroatoms. The minimum Gasteiger partial charge on any atom is -0.336 e. The molecule has 0 radical (unpaired) electrons. The maximum absolute atomic E-state index is 11.7. The lowest BCUT2D eigenvalue weighted by Gasteiger charge is -2.11. The van der Waals surface area contributed by atoms with Crippen molar-refractivity contribution in [1.82, 2.24) is 10.6 Å². The van der Waals surface area contributed by atoms with E-state index in [4.69, 9.17) is 0 Å². The van der Waals surface area contributed by atoms with Crippen LogP contribution in [-0.2, 0) is 13.0 Å². The Kier molecular flexibility index (Phi) is 3.84. The van der Waals surface area contributed by atoms with E-state index in [1.54, 1.807) is 0 Å². The highest BCUT2D eigenvalue weighted by molar-refractivity contribution is 7.16. The summed E-state index contributed by atoms with van der Waals surface area (Å²) in [6.45, 7) is 5.46. The average Bonchev–Trinajstić information content (AvgIpc) is 2.64. The van der Waals surface area contributed by atoms with Gasteiger partial charge in [-0.1, -0.05) is 0 Å². The maximum Gasteiger partial charge on any atom is 0.320 e. The fourth-order valence-corrected chi connectivity index (χ4v) is 3.11. The van der Waals surface area contributed by atoms with E-state index in [-0.39, 0.29) is 12.1 Å². The van der Waals surface area contributed by atoms with E-state index in [1.807, 2.05) is 13.8 Å². The highest BCUT2D eigenvalue weighted by atomic mass is 32.1. The molecular formula is C12H16N4OS. The summed E-state index contributed by atoms with van der Waals surface area (Å²) in [5, 5.41) is 18.7. The molecule has 18 heavy (non-hydrogen) atoms. The van der Waals surface area contributed by atoms with Crippen LogP contribution in [0.25, 0.3) is 0 Å². The van der Waals surface area contributed by atoms with Crippen LogP contribution in [0.15, 0.2) is 0 Å². The highest BCUT2D eigenvalue weighted by Crippen LogP contribution is 2.34. The molecule has 0 saturated heterocycles. The summed E-state index contributed by atoms with van der Waals surface area (Å²) in [6.07, 6.45) is 0.849. The average molecular weight is 264 g/mol. The van der Waals surface area contributed by atoms with Gasteiger partial charge in [0.2, 0.25) is 0 Å². The lowest BCUT2D eigenvalue weighted by atomic mass is 10.1. The number of nitrogens with zero attached hydrogens (tertiary/aromatic N) is 1. The zero-order valence-electron chi connectivity index (χ0n) is 10.5. The number of nitriles is 1. The molecule has 96 valence electrons. The molecule has 1 aliphatic heterocycles. The van der Waals surface area contributed by atoms with Crippen LogP contribution in [-0.4, -0.2) is 18.6 Å². The maximum atomic E-state index is 11.7. The van der Waals surface area contributed by atoms with Gasteiger partial charge in [0.15, 0.2) is 0 Å². The molecular weight excluding hydrogens is 248 g/mol. The van der Waals surface area contributed by atoms with E-state index >= 15 is 0 Å². The zero-order chi connectivity index (χ0) is 13.1. The van der Waals surface area contributed by atoms with Crippen LogP contribution < -0.4 is 16.0 Å². The monoisotopic (exact) mass is 264 g/mol. The van der Waals surface area contributed by atoms with Gasteiger partial charge in [0.05, 0.1) is 5.56 Å². The first-order valence-corrected chi connectivity index (χ1v) is 6.76. The summed E-state index contributed by atoms with van der Waals surface area (Å²) in [5.41, 5.74) is 1.71. The molecule has 0 aromatic carbocycles. The third-order valence-corrected chi connectivity index (χ3v) is 3.83. The first-order chi connectivity index (χ1) is 8.61. The van der Waals surface area contributed by atoms with Crippen molar-refractivity contribution >= 4 is 22.4 Å². The van der Waals surface area contributed by atoms with Gasteiger partial charge in [-0.25, -0.2) is 4.79 Å². The molecule has 0 saturated carbocycles. The molecule has 0 unspecified atom stereocenters. The molecule has 2 rings (SSSR count). The standard InChI is InChI=1S/C12H16N4OS/c1-7(2)15-12(17)16-11-9(5-13)8-3-4-14-6-10(8)18-11/h7,14H,3-4,6H2,1-2H3,(H2,15,16,17). The number of fused-ring (bicyclic) bond motifs is 1. The summed E-state index contributed by atoms with van der Waals surface area (Å²) >= 11 is 1.49. The van der Waals surface area contributed by atoms with E-state index in [0.29, 0.717) is 10.6 Å². The first kappa shape index (κ1) is 12.9. The smallest absolute Gasteiger partial charge is 0.320 e. The first-order valence-electron chi connectivity index (χ1n) is 5.94. The third kappa shape index (κ3) is 2.63. The Morgan fingerprint density at radius 3 is 3.00 bits per heavy atom. The van der Waals surface area contributed by atoms with Crippen molar-refractivity contribution in [2.24, 2.45) is 0 Å². The summed E-state index contributed by atoms with van der Waals surface area (Å²) < 4.78 is 0. The SMILES string of the molecule is CC(C)NC(=O)Nc1sc2c(c1C#N)CCNC2. The molecule has 2 heterocycles. The van der Waals surface area contributed by atoms with Gasteiger partial charge in [-0.3, -0.25) is 5.32 Å². The van der Waals surface area contributed by atoms with Gasteiger partial charge in [-0.15, -0.1) is 11.3 Å². The molecule has 3 N–H and O–H groups in total. The van der Waals surface area contributed by atoms with Gasteiger partial charge in [-0.05, 0) is 32.4 Å². The fraction of sp³-hybridized carbons (Fsp3) is 0.500. The molecule has 0 bridgehead atoms. The topological polar surface area (TPSA) is 77.0 Å². The second-order valence-electron chi connectivity index (χ2n) is 4.50.